The third kappa shape index (κ3) is 7.50. The molecule has 0 saturated carbocycles. The number of aliphatic hydroxyl groups is 2. The van der Waals surface area contributed by atoms with Crippen LogP contribution in [0.25, 0.3) is 0 Å². The summed E-state index contributed by atoms with van der Waals surface area (Å²) >= 11 is 0. The van der Waals surface area contributed by atoms with Crippen molar-refractivity contribution in [3.05, 3.63) is 35.4 Å². The lowest BCUT2D eigenvalue weighted by molar-refractivity contribution is -0.135. The van der Waals surface area contributed by atoms with Crippen molar-refractivity contribution in [2.24, 2.45) is 0 Å². The van der Waals surface area contributed by atoms with E-state index in [1.54, 1.807) is 0 Å². The van der Waals surface area contributed by atoms with Crippen molar-refractivity contribution in [1.29, 1.82) is 0 Å². The Morgan fingerprint density at radius 3 is 1.40 bits per heavy atom. The van der Waals surface area contributed by atoms with Crippen molar-refractivity contribution in [3.63, 3.8) is 0 Å². The van der Waals surface area contributed by atoms with Crippen LogP contribution in [0.1, 0.15) is 50.0 Å². The molecule has 1 aliphatic carbocycles. The average Bonchev–Trinajstić information content (AvgIpc) is 2.33. The zero-order valence-corrected chi connectivity index (χ0v) is 11.5. The van der Waals surface area contributed by atoms with Crippen molar-refractivity contribution in [2.45, 2.75) is 38.9 Å². The predicted molar refractivity (Wildman–Crippen MR) is 72.2 cm³/mol. The minimum absolute atomic E-state index is 0.385. The molecule has 0 fully saturated rings. The zero-order valence-electron chi connectivity index (χ0n) is 11.5. The Labute approximate surface area is 117 Å². The summed E-state index contributed by atoms with van der Waals surface area (Å²) in [6, 6.07) is 7.53. The fraction of sp³-hybridized carbons (Fsp3) is 0.429. The number of hydrogen-bond acceptors (Lipinski definition) is 4. The minimum atomic E-state index is -0.833. The van der Waals surface area contributed by atoms with Gasteiger partial charge in [0, 0.05) is 13.8 Å². The molecule has 0 spiro atoms. The van der Waals surface area contributed by atoms with Gasteiger partial charge in [0.05, 0.1) is 12.2 Å². The summed E-state index contributed by atoms with van der Waals surface area (Å²) in [5.41, 5.74) is 1.77. The van der Waals surface area contributed by atoms with Crippen molar-refractivity contribution in [1.82, 2.24) is 0 Å². The third-order valence-corrected chi connectivity index (χ3v) is 2.43. The van der Waals surface area contributed by atoms with E-state index in [0.29, 0.717) is 12.8 Å². The van der Waals surface area contributed by atoms with E-state index in [0.717, 1.165) is 25.0 Å². The molecular formula is C14H20O6. The molecule has 6 heteroatoms. The second kappa shape index (κ2) is 9.06. The van der Waals surface area contributed by atoms with E-state index in [2.05, 4.69) is 0 Å². The number of carboxylic acids is 2. The molecule has 20 heavy (non-hydrogen) atoms. The first kappa shape index (κ1) is 18.1. The predicted octanol–water partition coefficient (Wildman–Crippen LogP) is 1.73. The number of hydrogen-bond donors (Lipinski definition) is 4. The van der Waals surface area contributed by atoms with Gasteiger partial charge in [0.2, 0.25) is 0 Å². The van der Waals surface area contributed by atoms with Crippen LogP contribution >= 0.6 is 0 Å². The molecule has 1 aromatic carbocycles. The molecule has 0 aromatic heterocycles. The molecule has 2 rings (SSSR count). The second-order valence-electron chi connectivity index (χ2n) is 4.28. The maximum Gasteiger partial charge on any atom is 0.300 e. The van der Waals surface area contributed by atoms with Gasteiger partial charge in [-0.05, 0) is 24.0 Å². The van der Waals surface area contributed by atoms with Gasteiger partial charge >= 0.3 is 0 Å². The van der Waals surface area contributed by atoms with Gasteiger partial charge in [0.25, 0.3) is 11.9 Å². The summed E-state index contributed by atoms with van der Waals surface area (Å²) in [5, 5.41) is 34.0. The molecule has 4 N–H and O–H groups in total. The summed E-state index contributed by atoms with van der Waals surface area (Å²) in [5.74, 6) is -1.67. The van der Waals surface area contributed by atoms with E-state index in [1.165, 1.54) is 0 Å². The molecule has 1 aliphatic rings. The lowest BCUT2D eigenvalue weighted by atomic mass is 9.87. The Morgan fingerprint density at radius 1 is 0.900 bits per heavy atom. The average molecular weight is 284 g/mol. The summed E-state index contributed by atoms with van der Waals surface area (Å²) in [4.78, 5) is 18.0. The van der Waals surface area contributed by atoms with Gasteiger partial charge in [0.15, 0.2) is 0 Å². The van der Waals surface area contributed by atoms with E-state index in [1.807, 2.05) is 24.3 Å². The standard InChI is InChI=1S/C10H12O2.2C2H4O2/c11-9-5-6-10(12)8-4-2-1-3-7(8)9;2*1-2(3)4/h1-4,9-12H,5-6H2;2*1H3,(H,3,4)/t9-,10+;;. The molecule has 6 nitrogen and oxygen atoms in total. The number of aliphatic hydroxyl groups excluding tert-OH is 2. The number of carboxylic acid groups (broad SMARTS) is 2. The maximum absolute atomic E-state index is 9.57. The SMILES string of the molecule is CC(=O)O.CC(=O)O.O[C@@H]1CC[C@H](O)c2ccccc21. The molecule has 1 aromatic rings. The highest BCUT2D eigenvalue weighted by molar-refractivity contribution is 5.63. The smallest absolute Gasteiger partial charge is 0.300 e. The summed E-state index contributed by atoms with van der Waals surface area (Å²) in [7, 11) is 0. The van der Waals surface area contributed by atoms with Crippen LogP contribution in [0.3, 0.4) is 0 Å². The van der Waals surface area contributed by atoms with E-state index >= 15 is 0 Å². The fourth-order valence-corrected chi connectivity index (χ4v) is 1.74. The van der Waals surface area contributed by atoms with Crippen LogP contribution < -0.4 is 0 Å². The first-order valence-electron chi connectivity index (χ1n) is 6.09. The van der Waals surface area contributed by atoms with Gasteiger partial charge in [-0.1, -0.05) is 24.3 Å². The quantitative estimate of drug-likeness (QED) is 0.576. The van der Waals surface area contributed by atoms with Gasteiger partial charge < -0.3 is 20.4 Å². The van der Waals surface area contributed by atoms with E-state index in [-0.39, 0.29) is 12.2 Å². The zero-order chi connectivity index (χ0) is 15.7. The lowest BCUT2D eigenvalue weighted by Crippen LogP contribution is -2.13. The van der Waals surface area contributed by atoms with Crippen LogP contribution in [0.5, 0.6) is 0 Å². The Balaban J connectivity index is 0.000000380. The van der Waals surface area contributed by atoms with Crippen molar-refractivity contribution in [2.75, 3.05) is 0 Å². The number of fused-ring (bicyclic) bond motifs is 1. The topological polar surface area (TPSA) is 115 Å². The first-order valence-corrected chi connectivity index (χ1v) is 6.09. The first-order chi connectivity index (χ1) is 9.25. The molecule has 0 heterocycles. The van der Waals surface area contributed by atoms with Crippen molar-refractivity contribution >= 4 is 11.9 Å². The van der Waals surface area contributed by atoms with Crippen molar-refractivity contribution in [3.8, 4) is 0 Å². The van der Waals surface area contributed by atoms with E-state index < -0.39 is 11.9 Å². The highest BCUT2D eigenvalue weighted by Gasteiger charge is 2.23. The second-order valence-corrected chi connectivity index (χ2v) is 4.28. The normalized spacial score (nSPS) is 19.4. The Kier molecular flexibility index (Phi) is 8.19. The van der Waals surface area contributed by atoms with Crippen LogP contribution in [0, 0.1) is 0 Å². The van der Waals surface area contributed by atoms with Crippen molar-refractivity contribution < 1.29 is 30.0 Å². The number of benzene rings is 1. The number of rotatable bonds is 0. The monoisotopic (exact) mass is 284 g/mol. The van der Waals surface area contributed by atoms with Gasteiger partial charge in [0.1, 0.15) is 0 Å². The van der Waals surface area contributed by atoms with Gasteiger partial charge in [-0.2, -0.15) is 0 Å². The van der Waals surface area contributed by atoms with E-state index in [4.69, 9.17) is 19.8 Å². The summed E-state index contributed by atoms with van der Waals surface area (Å²) < 4.78 is 0. The molecule has 0 aliphatic heterocycles. The number of carbonyl (C=O) groups is 2. The van der Waals surface area contributed by atoms with Crippen LogP contribution in [0.15, 0.2) is 24.3 Å². The van der Waals surface area contributed by atoms with Crippen LogP contribution in [0.2, 0.25) is 0 Å². The van der Waals surface area contributed by atoms with Crippen LogP contribution in [-0.2, 0) is 9.59 Å². The highest BCUT2D eigenvalue weighted by Crippen LogP contribution is 2.35. The summed E-state index contributed by atoms with van der Waals surface area (Å²) in [6.45, 7) is 2.17. The van der Waals surface area contributed by atoms with Crippen LogP contribution in [-0.4, -0.2) is 32.4 Å². The summed E-state index contributed by atoms with van der Waals surface area (Å²) in [6.07, 6.45) is 0.560. The fourth-order valence-electron chi connectivity index (χ4n) is 1.74. The van der Waals surface area contributed by atoms with Gasteiger partial charge in [-0.15, -0.1) is 0 Å². The lowest BCUT2D eigenvalue weighted by Gasteiger charge is -2.25. The third-order valence-electron chi connectivity index (χ3n) is 2.43. The van der Waals surface area contributed by atoms with E-state index in [9.17, 15) is 10.2 Å². The van der Waals surface area contributed by atoms with Gasteiger partial charge in [-0.3, -0.25) is 9.59 Å². The molecule has 0 amide bonds. The van der Waals surface area contributed by atoms with Gasteiger partial charge in [-0.25, -0.2) is 0 Å². The molecule has 0 saturated heterocycles. The maximum atomic E-state index is 9.57. The molecule has 0 radical (unpaired) electrons. The highest BCUT2D eigenvalue weighted by atomic mass is 16.4. The Hall–Kier alpha value is -1.92. The molecule has 112 valence electrons. The Morgan fingerprint density at radius 2 is 1.15 bits per heavy atom. The molecule has 2 atom stereocenters. The molecule has 0 unspecified atom stereocenters. The molecule has 0 bridgehead atoms. The molecular weight excluding hydrogens is 264 g/mol. The largest absolute Gasteiger partial charge is 0.481 e. The van der Waals surface area contributed by atoms with Crippen LogP contribution in [0.4, 0.5) is 0 Å². The minimum Gasteiger partial charge on any atom is -0.481 e. The Bertz CT molecular complexity index is 394. The number of aliphatic carboxylic acids is 2.